The monoisotopic (exact) mass is 181 g/mol. The molecule has 0 aromatic carbocycles. The average Bonchev–Trinajstić information content (AvgIpc) is 2.52. The molecule has 0 saturated heterocycles. The fourth-order valence-corrected chi connectivity index (χ4v) is 1.52. The zero-order valence-electron chi connectivity index (χ0n) is 9.04. The van der Waals surface area contributed by atoms with Crippen molar-refractivity contribution in [1.29, 1.82) is 0 Å². The molecule has 0 amide bonds. The zero-order valence-corrected chi connectivity index (χ0v) is 9.04. The summed E-state index contributed by atoms with van der Waals surface area (Å²) in [5, 5.41) is 0. The summed E-state index contributed by atoms with van der Waals surface area (Å²) in [5.74, 6) is 0. The Kier molecular flexibility index (Phi) is 3.48. The SMILES string of the molecule is CC.Cc1ncn2c1CN(C)CC2. The molecule has 3 heteroatoms. The molecule has 1 aromatic rings. The van der Waals surface area contributed by atoms with E-state index >= 15 is 0 Å². The Morgan fingerprint density at radius 1 is 1.31 bits per heavy atom. The third-order valence-corrected chi connectivity index (χ3v) is 2.30. The van der Waals surface area contributed by atoms with Crippen molar-refractivity contribution in [3.05, 3.63) is 17.7 Å². The van der Waals surface area contributed by atoms with Crippen LogP contribution >= 0.6 is 0 Å². The Morgan fingerprint density at radius 2 is 2.00 bits per heavy atom. The molecule has 74 valence electrons. The number of hydrogen-bond donors (Lipinski definition) is 0. The van der Waals surface area contributed by atoms with Crippen molar-refractivity contribution in [2.24, 2.45) is 0 Å². The quantitative estimate of drug-likeness (QED) is 0.607. The molecule has 0 saturated carbocycles. The normalized spacial score (nSPS) is 16.0. The first-order valence-electron chi connectivity index (χ1n) is 4.96. The summed E-state index contributed by atoms with van der Waals surface area (Å²) in [6.07, 6.45) is 1.94. The molecule has 0 bridgehead atoms. The van der Waals surface area contributed by atoms with Gasteiger partial charge in [0.25, 0.3) is 0 Å². The van der Waals surface area contributed by atoms with Crippen molar-refractivity contribution in [2.45, 2.75) is 33.9 Å². The van der Waals surface area contributed by atoms with Crippen LogP contribution in [0.1, 0.15) is 25.2 Å². The smallest absolute Gasteiger partial charge is 0.0952 e. The molecule has 0 N–H and O–H groups in total. The summed E-state index contributed by atoms with van der Waals surface area (Å²) in [6.45, 7) is 9.35. The topological polar surface area (TPSA) is 21.1 Å². The number of aromatic nitrogens is 2. The number of rotatable bonds is 0. The Bertz CT molecular complexity index is 265. The van der Waals surface area contributed by atoms with Gasteiger partial charge in [0.05, 0.1) is 17.7 Å². The predicted octanol–water partition coefficient (Wildman–Crippen LogP) is 1.66. The molecule has 0 atom stereocenters. The summed E-state index contributed by atoms with van der Waals surface area (Å²) < 4.78 is 2.25. The number of likely N-dealkylation sites (N-methyl/N-ethyl adjacent to an activating group) is 1. The minimum Gasteiger partial charge on any atom is -0.332 e. The van der Waals surface area contributed by atoms with Crippen LogP contribution in [0.3, 0.4) is 0 Å². The van der Waals surface area contributed by atoms with Gasteiger partial charge in [-0.2, -0.15) is 0 Å². The Balaban J connectivity index is 0.000000396. The largest absolute Gasteiger partial charge is 0.332 e. The van der Waals surface area contributed by atoms with Crippen LogP contribution in [0.2, 0.25) is 0 Å². The molecule has 0 radical (unpaired) electrons. The van der Waals surface area contributed by atoms with E-state index in [1.165, 1.54) is 11.4 Å². The lowest BCUT2D eigenvalue weighted by molar-refractivity contribution is 0.269. The highest BCUT2D eigenvalue weighted by molar-refractivity contribution is 5.12. The molecular weight excluding hydrogens is 162 g/mol. The van der Waals surface area contributed by atoms with E-state index in [9.17, 15) is 0 Å². The van der Waals surface area contributed by atoms with Crippen LogP contribution in [0.25, 0.3) is 0 Å². The summed E-state index contributed by atoms with van der Waals surface area (Å²) >= 11 is 0. The Morgan fingerprint density at radius 3 is 2.69 bits per heavy atom. The van der Waals surface area contributed by atoms with Crippen molar-refractivity contribution >= 4 is 0 Å². The molecule has 0 fully saturated rings. The second-order valence-corrected chi connectivity index (χ2v) is 3.21. The van der Waals surface area contributed by atoms with Gasteiger partial charge in [0.2, 0.25) is 0 Å². The second-order valence-electron chi connectivity index (χ2n) is 3.21. The maximum Gasteiger partial charge on any atom is 0.0952 e. The highest BCUT2D eigenvalue weighted by Gasteiger charge is 2.14. The van der Waals surface area contributed by atoms with E-state index in [1.807, 2.05) is 20.2 Å². The average molecular weight is 181 g/mol. The molecule has 2 heterocycles. The first-order chi connectivity index (χ1) is 6.27. The lowest BCUT2D eigenvalue weighted by atomic mass is 10.3. The second kappa shape index (κ2) is 4.42. The number of aryl methyl sites for hydroxylation is 1. The van der Waals surface area contributed by atoms with Crippen LogP contribution in [-0.4, -0.2) is 28.0 Å². The summed E-state index contributed by atoms with van der Waals surface area (Å²) in [7, 11) is 2.15. The van der Waals surface area contributed by atoms with E-state index in [0.29, 0.717) is 0 Å². The van der Waals surface area contributed by atoms with Gasteiger partial charge in [-0.25, -0.2) is 4.98 Å². The van der Waals surface area contributed by atoms with Crippen LogP contribution in [0.15, 0.2) is 6.33 Å². The van der Waals surface area contributed by atoms with Gasteiger partial charge in [0, 0.05) is 19.6 Å². The van der Waals surface area contributed by atoms with Gasteiger partial charge in [0.15, 0.2) is 0 Å². The lowest BCUT2D eigenvalue weighted by Gasteiger charge is -2.24. The fraction of sp³-hybridized carbons (Fsp3) is 0.700. The van der Waals surface area contributed by atoms with E-state index in [2.05, 4.69) is 28.4 Å². The van der Waals surface area contributed by atoms with Gasteiger partial charge >= 0.3 is 0 Å². The molecule has 3 nitrogen and oxygen atoms in total. The van der Waals surface area contributed by atoms with E-state index in [0.717, 1.165) is 19.6 Å². The van der Waals surface area contributed by atoms with Gasteiger partial charge in [-0.15, -0.1) is 0 Å². The van der Waals surface area contributed by atoms with Crippen molar-refractivity contribution < 1.29 is 0 Å². The third kappa shape index (κ3) is 2.10. The van der Waals surface area contributed by atoms with Gasteiger partial charge in [-0.05, 0) is 14.0 Å². The summed E-state index contributed by atoms with van der Waals surface area (Å²) in [5.41, 5.74) is 2.55. The van der Waals surface area contributed by atoms with Gasteiger partial charge < -0.3 is 4.57 Å². The first kappa shape index (κ1) is 10.3. The first-order valence-corrected chi connectivity index (χ1v) is 4.96. The van der Waals surface area contributed by atoms with Crippen molar-refractivity contribution in [2.75, 3.05) is 13.6 Å². The lowest BCUT2D eigenvalue weighted by Crippen LogP contribution is -2.30. The molecule has 2 rings (SSSR count). The maximum atomic E-state index is 4.27. The van der Waals surface area contributed by atoms with Gasteiger partial charge in [0.1, 0.15) is 0 Å². The van der Waals surface area contributed by atoms with Crippen LogP contribution < -0.4 is 0 Å². The predicted molar refractivity (Wildman–Crippen MR) is 54.6 cm³/mol. The van der Waals surface area contributed by atoms with E-state index in [-0.39, 0.29) is 0 Å². The number of hydrogen-bond acceptors (Lipinski definition) is 2. The standard InChI is InChI=1S/C8H13N3.C2H6/c1-7-8-5-10(2)3-4-11(8)6-9-7;1-2/h6H,3-5H2,1-2H3;1-2H3. The van der Waals surface area contributed by atoms with Crippen LogP contribution in [0, 0.1) is 6.92 Å². The molecule has 13 heavy (non-hydrogen) atoms. The van der Waals surface area contributed by atoms with Gasteiger partial charge in [-0.3, -0.25) is 4.90 Å². The number of nitrogens with zero attached hydrogens (tertiary/aromatic N) is 3. The molecule has 0 aliphatic carbocycles. The van der Waals surface area contributed by atoms with Crippen LogP contribution in [0.4, 0.5) is 0 Å². The molecule has 0 unspecified atom stereocenters. The molecule has 1 aromatic heterocycles. The van der Waals surface area contributed by atoms with Crippen molar-refractivity contribution in [1.82, 2.24) is 14.5 Å². The summed E-state index contributed by atoms with van der Waals surface area (Å²) in [4.78, 5) is 6.59. The molecular formula is C10H19N3. The van der Waals surface area contributed by atoms with E-state index in [4.69, 9.17) is 0 Å². The molecule has 0 spiro atoms. The Hall–Kier alpha value is -0.830. The zero-order chi connectivity index (χ0) is 9.84. The fourth-order valence-electron chi connectivity index (χ4n) is 1.52. The van der Waals surface area contributed by atoms with E-state index in [1.54, 1.807) is 0 Å². The van der Waals surface area contributed by atoms with Crippen molar-refractivity contribution in [3.8, 4) is 0 Å². The number of fused-ring (bicyclic) bond motifs is 1. The highest BCUT2D eigenvalue weighted by atomic mass is 15.2. The van der Waals surface area contributed by atoms with Gasteiger partial charge in [-0.1, -0.05) is 13.8 Å². The molecule has 1 aliphatic rings. The van der Waals surface area contributed by atoms with Crippen LogP contribution in [-0.2, 0) is 13.1 Å². The maximum absolute atomic E-state index is 4.27. The third-order valence-electron chi connectivity index (χ3n) is 2.30. The molecule has 1 aliphatic heterocycles. The summed E-state index contributed by atoms with van der Waals surface area (Å²) in [6, 6.07) is 0. The minimum absolute atomic E-state index is 1.05. The Labute approximate surface area is 80.4 Å². The highest BCUT2D eigenvalue weighted by Crippen LogP contribution is 2.13. The van der Waals surface area contributed by atoms with Crippen LogP contribution in [0.5, 0.6) is 0 Å². The minimum atomic E-state index is 1.05. The van der Waals surface area contributed by atoms with E-state index < -0.39 is 0 Å². The van der Waals surface area contributed by atoms with Crippen molar-refractivity contribution in [3.63, 3.8) is 0 Å². The number of imidazole rings is 1.